The summed E-state index contributed by atoms with van der Waals surface area (Å²) in [7, 11) is 0. The molecule has 0 aliphatic carbocycles. The molecule has 3 heteroatoms. The Morgan fingerprint density at radius 3 is 2.47 bits per heavy atom. The maximum atomic E-state index is 6.15. The highest BCUT2D eigenvalue weighted by Crippen LogP contribution is 2.22. The fourth-order valence-electron chi connectivity index (χ4n) is 1.53. The number of aryl methyl sites for hydroxylation is 1. The highest BCUT2D eigenvalue weighted by molar-refractivity contribution is 9.10. The van der Waals surface area contributed by atoms with Gasteiger partial charge in [-0.15, -0.1) is 0 Å². The quantitative estimate of drug-likeness (QED) is 0.839. The molecule has 0 aliphatic rings. The molecule has 0 saturated carbocycles. The molecule has 0 bridgehead atoms. The molecule has 0 aromatic heterocycles. The SMILES string of the molecule is Cc1ccc(NCc2ccc(Br)cc2Cl)cc1. The minimum atomic E-state index is 0.731. The minimum Gasteiger partial charge on any atom is -0.381 e. The average Bonchev–Trinajstić information content (AvgIpc) is 2.30. The summed E-state index contributed by atoms with van der Waals surface area (Å²) >= 11 is 9.55. The molecule has 1 N–H and O–H groups in total. The second-order valence-corrected chi connectivity index (χ2v) is 5.28. The minimum absolute atomic E-state index is 0.731. The van der Waals surface area contributed by atoms with Crippen molar-refractivity contribution in [2.45, 2.75) is 13.5 Å². The van der Waals surface area contributed by atoms with Gasteiger partial charge in [0.05, 0.1) is 0 Å². The van der Waals surface area contributed by atoms with Crippen molar-refractivity contribution >= 4 is 33.2 Å². The fraction of sp³-hybridized carbons (Fsp3) is 0.143. The molecule has 2 aromatic rings. The molecule has 0 unspecified atom stereocenters. The Bertz CT molecular complexity index is 508. The van der Waals surface area contributed by atoms with E-state index < -0.39 is 0 Å². The van der Waals surface area contributed by atoms with Crippen LogP contribution in [0.1, 0.15) is 11.1 Å². The summed E-state index contributed by atoms with van der Waals surface area (Å²) in [6.45, 7) is 2.81. The molecule has 17 heavy (non-hydrogen) atoms. The van der Waals surface area contributed by atoms with Gasteiger partial charge in [0, 0.05) is 21.7 Å². The molecule has 0 spiro atoms. The maximum absolute atomic E-state index is 6.15. The summed E-state index contributed by atoms with van der Waals surface area (Å²) in [6, 6.07) is 14.3. The molecule has 0 aliphatic heterocycles. The molecule has 88 valence electrons. The molecule has 0 saturated heterocycles. The van der Waals surface area contributed by atoms with E-state index in [0.717, 1.165) is 27.3 Å². The molecule has 0 atom stereocenters. The van der Waals surface area contributed by atoms with Gasteiger partial charge < -0.3 is 5.32 Å². The van der Waals surface area contributed by atoms with Crippen molar-refractivity contribution in [1.82, 2.24) is 0 Å². The van der Waals surface area contributed by atoms with Crippen molar-refractivity contribution < 1.29 is 0 Å². The van der Waals surface area contributed by atoms with E-state index in [9.17, 15) is 0 Å². The number of nitrogens with one attached hydrogen (secondary N) is 1. The molecular weight excluding hydrogens is 298 g/mol. The molecule has 0 radical (unpaired) electrons. The Morgan fingerprint density at radius 2 is 1.82 bits per heavy atom. The van der Waals surface area contributed by atoms with Crippen LogP contribution >= 0.6 is 27.5 Å². The Labute approximate surface area is 115 Å². The Morgan fingerprint density at radius 1 is 1.12 bits per heavy atom. The van der Waals surface area contributed by atoms with E-state index in [2.05, 4.69) is 52.4 Å². The van der Waals surface area contributed by atoms with Crippen molar-refractivity contribution in [2.75, 3.05) is 5.32 Å². The second-order valence-electron chi connectivity index (χ2n) is 3.96. The number of benzene rings is 2. The summed E-state index contributed by atoms with van der Waals surface area (Å²) in [6.07, 6.45) is 0. The van der Waals surface area contributed by atoms with Crippen molar-refractivity contribution in [1.29, 1.82) is 0 Å². The van der Waals surface area contributed by atoms with Crippen LogP contribution < -0.4 is 5.32 Å². The zero-order valence-corrected chi connectivity index (χ0v) is 11.8. The molecule has 2 aromatic carbocycles. The lowest BCUT2D eigenvalue weighted by atomic mass is 10.2. The van der Waals surface area contributed by atoms with Gasteiger partial charge in [0.15, 0.2) is 0 Å². The zero-order chi connectivity index (χ0) is 12.3. The van der Waals surface area contributed by atoms with Crippen molar-refractivity contribution in [3.8, 4) is 0 Å². The van der Waals surface area contributed by atoms with E-state index in [-0.39, 0.29) is 0 Å². The molecule has 1 nitrogen and oxygen atoms in total. The number of hydrogen-bond donors (Lipinski definition) is 1. The zero-order valence-electron chi connectivity index (χ0n) is 9.50. The van der Waals surface area contributed by atoms with Crippen LogP contribution in [0.2, 0.25) is 5.02 Å². The van der Waals surface area contributed by atoms with Crippen molar-refractivity contribution in [3.05, 3.63) is 63.1 Å². The lowest BCUT2D eigenvalue weighted by molar-refractivity contribution is 1.15. The van der Waals surface area contributed by atoms with E-state index in [1.54, 1.807) is 0 Å². The smallest absolute Gasteiger partial charge is 0.0467 e. The van der Waals surface area contributed by atoms with Crippen LogP contribution in [0.3, 0.4) is 0 Å². The third kappa shape index (κ3) is 3.48. The largest absolute Gasteiger partial charge is 0.381 e. The predicted octanol–water partition coefficient (Wildman–Crippen LogP) is 5.02. The van der Waals surface area contributed by atoms with Gasteiger partial charge in [0.1, 0.15) is 0 Å². The van der Waals surface area contributed by atoms with E-state index in [0.29, 0.717) is 0 Å². The number of hydrogen-bond acceptors (Lipinski definition) is 1. The van der Waals surface area contributed by atoms with E-state index in [1.165, 1.54) is 5.56 Å². The Hall–Kier alpha value is -0.990. The summed E-state index contributed by atoms with van der Waals surface area (Å²) in [5, 5.41) is 4.13. The molecule has 0 fully saturated rings. The van der Waals surface area contributed by atoms with Gasteiger partial charge in [0.2, 0.25) is 0 Å². The number of rotatable bonds is 3. The fourth-order valence-corrected chi connectivity index (χ4v) is 2.27. The Kier molecular flexibility index (Phi) is 4.08. The molecule has 0 amide bonds. The van der Waals surface area contributed by atoms with Crippen LogP contribution in [0.5, 0.6) is 0 Å². The van der Waals surface area contributed by atoms with Gasteiger partial charge in [-0.25, -0.2) is 0 Å². The predicted molar refractivity (Wildman–Crippen MR) is 77.7 cm³/mol. The molecular formula is C14H13BrClN. The summed E-state index contributed by atoms with van der Waals surface area (Å²) in [5.74, 6) is 0. The number of halogens is 2. The van der Waals surface area contributed by atoms with E-state index in [1.807, 2.05) is 18.2 Å². The van der Waals surface area contributed by atoms with Crippen LogP contribution in [0.15, 0.2) is 46.9 Å². The first-order valence-electron chi connectivity index (χ1n) is 5.39. The van der Waals surface area contributed by atoms with Crippen LogP contribution in [0, 0.1) is 6.92 Å². The van der Waals surface area contributed by atoms with Gasteiger partial charge in [0.25, 0.3) is 0 Å². The Balaban J connectivity index is 2.04. The van der Waals surface area contributed by atoms with Crippen LogP contribution in [0.25, 0.3) is 0 Å². The van der Waals surface area contributed by atoms with Crippen LogP contribution in [0.4, 0.5) is 5.69 Å². The van der Waals surface area contributed by atoms with Gasteiger partial charge in [-0.1, -0.05) is 51.3 Å². The van der Waals surface area contributed by atoms with Crippen molar-refractivity contribution in [2.24, 2.45) is 0 Å². The van der Waals surface area contributed by atoms with Crippen LogP contribution in [-0.4, -0.2) is 0 Å². The summed E-state index contributed by atoms with van der Waals surface area (Å²) in [4.78, 5) is 0. The molecule has 0 heterocycles. The normalized spacial score (nSPS) is 10.3. The highest BCUT2D eigenvalue weighted by Gasteiger charge is 2.00. The first-order chi connectivity index (χ1) is 8.15. The van der Waals surface area contributed by atoms with Gasteiger partial charge in [-0.2, -0.15) is 0 Å². The third-order valence-corrected chi connectivity index (χ3v) is 3.39. The topological polar surface area (TPSA) is 12.0 Å². The lowest BCUT2D eigenvalue weighted by Crippen LogP contribution is -1.99. The van der Waals surface area contributed by atoms with Gasteiger partial charge in [-0.3, -0.25) is 0 Å². The van der Waals surface area contributed by atoms with Gasteiger partial charge in [-0.05, 0) is 36.8 Å². The van der Waals surface area contributed by atoms with Gasteiger partial charge >= 0.3 is 0 Å². The summed E-state index contributed by atoms with van der Waals surface area (Å²) < 4.78 is 1.00. The third-order valence-electron chi connectivity index (χ3n) is 2.55. The summed E-state index contributed by atoms with van der Waals surface area (Å²) in [5.41, 5.74) is 3.46. The van der Waals surface area contributed by atoms with Crippen molar-refractivity contribution in [3.63, 3.8) is 0 Å². The van der Waals surface area contributed by atoms with Crippen LogP contribution in [-0.2, 0) is 6.54 Å². The lowest BCUT2D eigenvalue weighted by Gasteiger charge is -2.08. The maximum Gasteiger partial charge on any atom is 0.0467 e. The average molecular weight is 311 g/mol. The first kappa shape index (κ1) is 12.5. The number of anilines is 1. The molecule has 2 rings (SSSR count). The van der Waals surface area contributed by atoms with E-state index in [4.69, 9.17) is 11.6 Å². The monoisotopic (exact) mass is 309 g/mol. The highest BCUT2D eigenvalue weighted by atomic mass is 79.9. The van der Waals surface area contributed by atoms with E-state index >= 15 is 0 Å². The second kappa shape index (κ2) is 5.56. The first-order valence-corrected chi connectivity index (χ1v) is 6.57. The standard InChI is InChI=1S/C14H13BrClN/c1-10-2-6-13(7-3-10)17-9-11-4-5-12(15)8-14(11)16/h2-8,17H,9H2,1H3.